The standard InChI is InChI=1S/C7H7NO3S.2ClH/c9-5-1-6-8(5)2-4(3-12-6)7(10)11;;/h2,6H,1,3H2,(H,10,11);2*1H/t6-;;/m1../s1. The van der Waals surface area contributed by atoms with Gasteiger partial charge in [0.25, 0.3) is 0 Å². The Labute approximate surface area is 97.5 Å². The van der Waals surface area contributed by atoms with Gasteiger partial charge in [0.15, 0.2) is 0 Å². The van der Waals surface area contributed by atoms with E-state index in [1.165, 1.54) is 22.9 Å². The number of carbonyl (C=O) groups is 2. The number of amides is 1. The second-order valence-electron chi connectivity index (χ2n) is 2.73. The summed E-state index contributed by atoms with van der Waals surface area (Å²) in [7, 11) is 0. The average molecular weight is 258 g/mol. The predicted octanol–water partition coefficient (Wildman–Crippen LogP) is 1.10. The molecule has 1 amide bonds. The van der Waals surface area contributed by atoms with Crippen molar-refractivity contribution in [1.82, 2.24) is 4.90 Å². The van der Waals surface area contributed by atoms with Gasteiger partial charge in [0.2, 0.25) is 5.91 Å². The first-order valence-corrected chi connectivity index (χ1v) is 4.60. The van der Waals surface area contributed by atoms with E-state index in [1.807, 2.05) is 0 Å². The smallest absolute Gasteiger partial charge is 0.333 e. The zero-order valence-electron chi connectivity index (χ0n) is 7.00. The normalized spacial score (nSPS) is 23.4. The van der Waals surface area contributed by atoms with Crippen molar-refractivity contribution < 1.29 is 14.7 Å². The lowest BCUT2D eigenvalue weighted by Crippen LogP contribution is -2.49. The Hall–Kier alpha value is -0.390. The number of carboxylic acids is 1. The maximum atomic E-state index is 10.9. The Bertz CT molecular complexity index is 295. The molecule has 0 aromatic carbocycles. The number of thioether (sulfide) groups is 1. The minimum Gasteiger partial charge on any atom is -0.478 e. The highest BCUT2D eigenvalue weighted by atomic mass is 35.5. The molecule has 0 unspecified atom stereocenters. The van der Waals surface area contributed by atoms with Crippen LogP contribution in [0.15, 0.2) is 11.8 Å². The molecule has 0 spiro atoms. The zero-order valence-corrected chi connectivity index (χ0v) is 9.45. The van der Waals surface area contributed by atoms with Crippen LogP contribution < -0.4 is 0 Å². The number of hydrogen-bond donors (Lipinski definition) is 1. The van der Waals surface area contributed by atoms with Crippen molar-refractivity contribution in [3.8, 4) is 0 Å². The molecule has 14 heavy (non-hydrogen) atoms. The van der Waals surface area contributed by atoms with E-state index in [1.54, 1.807) is 0 Å². The van der Waals surface area contributed by atoms with Gasteiger partial charge in [0.1, 0.15) is 0 Å². The topological polar surface area (TPSA) is 57.6 Å². The molecule has 0 saturated carbocycles. The molecular weight excluding hydrogens is 249 g/mol. The third kappa shape index (κ3) is 2.16. The van der Waals surface area contributed by atoms with E-state index in [0.717, 1.165) is 0 Å². The second kappa shape index (κ2) is 4.91. The summed E-state index contributed by atoms with van der Waals surface area (Å²) in [4.78, 5) is 22.9. The van der Waals surface area contributed by atoms with Crippen LogP contribution >= 0.6 is 36.6 Å². The highest BCUT2D eigenvalue weighted by Crippen LogP contribution is 2.35. The number of aliphatic carboxylic acids is 1. The van der Waals surface area contributed by atoms with E-state index in [4.69, 9.17) is 5.11 Å². The molecule has 0 aromatic rings. The Morgan fingerprint density at radius 2 is 2.21 bits per heavy atom. The van der Waals surface area contributed by atoms with Gasteiger partial charge in [-0.1, -0.05) is 0 Å². The van der Waals surface area contributed by atoms with Crippen LogP contribution in [0.5, 0.6) is 0 Å². The Balaban J connectivity index is 0.000000845. The first kappa shape index (κ1) is 13.6. The van der Waals surface area contributed by atoms with Crippen molar-refractivity contribution in [2.24, 2.45) is 0 Å². The van der Waals surface area contributed by atoms with Crippen LogP contribution in [0.1, 0.15) is 6.42 Å². The monoisotopic (exact) mass is 257 g/mol. The summed E-state index contributed by atoms with van der Waals surface area (Å²) < 4.78 is 0. The molecule has 1 fully saturated rings. The molecule has 0 aliphatic carbocycles. The predicted molar refractivity (Wildman–Crippen MR) is 57.9 cm³/mol. The number of nitrogens with zero attached hydrogens (tertiary/aromatic N) is 1. The molecule has 2 aliphatic rings. The molecule has 0 aromatic heterocycles. The van der Waals surface area contributed by atoms with E-state index in [0.29, 0.717) is 17.7 Å². The maximum Gasteiger partial charge on any atom is 0.333 e. The van der Waals surface area contributed by atoms with Gasteiger partial charge in [-0.05, 0) is 0 Å². The van der Waals surface area contributed by atoms with Crippen LogP contribution in [0, 0.1) is 0 Å². The minimum atomic E-state index is -0.930. The van der Waals surface area contributed by atoms with Gasteiger partial charge in [-0.2, -0.15) is 0 Å². The summed E-state index contributed by atoms with van der Waals surface area (Å²) >= 11 is 1.51. The minimum absolute atomic E-state index is 0. The van der Waals surface area contributed by atoms with E-state index in [-0.39, 0.29) is 36.1 Å². The highest BCUT2D eigenvalue weighted by Gasteiger charge is 2.38. The van der Waals surface area contributed by atoms with E-state index in [2.05, 4.69) is 0 Å². The molecule has 1 N–H and O–H groups in total. The third-order valence-corrected chi connectivity index (χ3v) is 3.20. The van der Waals surface area contributed by atoms with E-state index in [9.17, 15) is 9.59 Å². The van der Waals surface area contributed by atoms with Crippen molar-refractivity contribution in [3.63, 3.8) is 0 Å². The lowest BCUT2D eigenvalue weighted by Gasteiger charge is -2.40. The van der Waals surface area contributed by atoms with Gasteiger partial charge < -0.3 is 10.0 Å². The van der Waals surface area contributed by atoms with Gasteiger partial charge in [-0.25, -0.2) is 4.79 Å². The Morgan fingerprint density at radius 1 is 1.57 bits per heavy atom. The van der Waals surface area contributed by atoms with E-state index < -0.39 is 5.97 Å². The fraction of sp³-hybridized carbons (Fsp3) is 0.429. The number of rotatable bonds is 1. The molecule has 1 atom stereocenters. The molecule has 80 valence electrons. The molecule has 4 nitrogen and oxygen atoms in total. The quantitative estimate of drug-likeness (QED) is 0.715. The molecule has 2 aliphatic heterocycles. The van der Waals surface area contributed by atoms with Gasteiger partial charge in [0, 0.05) is 12.0 Å². The first-order chi connectivity index (χ1) is 5.68. The molecular formula is C7H9Cl2NO3S. The molecule has 2 heterocycles. The van der Waals surface area contributed by atoms with Crippen molar-refractivity contribution in [3.05, 3.63) is 11.8 Å². The lowest BCUT2D eigenvalue weighted by molar-refractivity contribution is -0.137. The summed E-state index contributed by atoms with van der Waals surface area (Å²) in [6, 6.07) is 0. The average Bonchev–Trinajstić information content (AvgIpc) is 2.02. The SMILES string of the molecule is Cl.Cl.O=C(O)C1=CN2C(=O)C[C@H]2SC1. The van der Waals surface area contributed by atoms with Crippen LogP contribution in [0.2, 0.25) is 0 Å². The van der Waals surface area contributed by atoms with Gasteiger partial charge in [-0.3, -0.25) is 4.79 Å². The molecule has 7 heteroatoms. The summed E-state index contributed by atoms with van der Waals surface area (Å²) in [5, 5.41) is 8.83. The number of β-lactam (4-membered cyclic amide) rings is 1. The van der Waals surface area contributed by atoms with Crippen molar-refractivity contribution >= 4 is 48.5 Å². The number of fused-ring (bicyclic) bond motifs is 1. The van der Waals surface area contributed by atoms with Crippen LogP contribution in [-0.4, -0.2) is 33.0 Å². The van der Waals surface area contributed by atoms with Crippen LogP contribution in [0.25, 0.3) is 0 Å². The van der Waals surface area contributed by atoms with Gasteiger partial charge in [0.05, 0.1) is 17.4 Å². The second-order valence-corrected chi connectivity index (χ2v) is 3.90. The largest absolute Gasteiger partial charge is 0.478 e. The fourth-order valence-corrected chi connectivity index (χ4v) is 2.37. The maximum absolute atomic E-state index is 10.9. The summed E-state index contributed by atoms with van der Waals surface area (Å²) in [6.07, 6.45) is 2.00. The van der Waals surface area contributed by atoms with Crippen LogP contribution in [0.4, 0.5) is 0 Å². The van der Waals surface area contributed by atoms with E-state index >= 15 is 0 Å². The van der Waals surface area contributed by atoms with Gasteiger partial charge >= 0.3 is 5.97 Å². The van der Waals surface area contributed by atoms with Gasteiger partial charge in [-0.15, -0.1) is 36.6 Å². The molecule has 2 rings (SSSR count). The Kier molecular flexibility index (Phi) is 4.77. The summed E-state index contributed by atoms with van der Waals surface area (Å²) in [6.45, 7) is 0. The summed E-state index contributed by atoms with van der Waals surface area (Å²) in [5.74, 6) is -0.407. The first-order valence-electron chi connectivity index (χ1n) is 3.55. The molecule has 0 bridgehead atoms. The number of carboxylic acid groups (broad SMARTS) is 1. The fourth-order valence-electron chi connectivity index (χ4n) is 1.20. The van der Waals surface area contributed by atoms with Crippen molar-refractivity contribution in [1.29, 1.82) is 0 Å². The summed E-state index contributed by atoms with van der Waals surface area (Å²) in [5.41, 5.74) is 0.310. The number of halogens is 2. The lowest BCUT2D eigenvalue weighted by atomic mass is 10.2. The highest BCUT2D eigenvalue weighted by molar-refractivity contribution is 8.00. The number of hydrogen-bond acceptors (Lipinski definition) is 3. The van der Waals surface area contributed by atoms with Crippen LogP contribution in [0.3, 0.4) is 0 Å². The number of carbonyl (C=O) groups excluding carboxylic acids is 1. The van der Waals surface area contributed by atoms with Crippen molar-refractivity contribution in [2.75, 3.05) is 5.75 Å². The van der Waals surface area contributed by atoms with Crippen LogP contribution in [-0.2, 0) is 9.59 Å². The molecule has 0 radical (unpaired) electrons. The Morgan fingerprint density at radius 3 is 2.71 bits per heavy atom. The molecule has 1 saturated heterocycles. The third-order valence-electron chi connectivity index (χ3n) is 1.95. The van der Waals surface area contributed by atoms with Crippen molar-refractivity contribution in [2.45, 2.75) is 11.8 Å². The zero-order chi connectivity index (χ0) is 8.72.